The SMILES string of the molecule is CC1NC(c2ccccc2)C(=O)N1CC1COCCO1. The van der Waals surface area contributed by atoms with Gasteiger partial charge in [0.15, 0.2) is 0 Å². The predicted octanol–water partition coefficient (Wildman–Crippen LogP) is 0.921. The molecule has 0 aliphatic carbocycles. The molecule has 1 amide bonds. The summed E-state index contributed by atoms with van der Waals surface area (Å²) in [5, 5.41) is 3.34. The van der Waals surface area contributed by atoms with E-state index in [0.717, 1.165) is 5.56 Å². The number of rotatable bonds is 3. The van der Waals surface area contributed by atoms with Crippen molar-refractivity contribution in [3.8, 4) is 0 Å². The summed E-state index contributed by atoms with van der Waals surface area (Å²) in [6.07, 6.45) is -0.00953. The molecule has 1 N–H and O–H groups in total. The number of ether oxygens (including phenoxy) is 2. The van der Waals surface area contributed by atoms with Crippen molar-refractivity contribution in [3.63, 3.8) is 0 Å². The number of nitrogens with one attached hydrogen (secondary N) is 1. The topological polar surface area (TPSA) is 50.8 Å². The highest BCUT2D eigenvalue weighted by atomic mass is 16.6. The number of amides is 1. The van der Waals surface area contributed by atoms with Crippen LogP contribution in [0.1, 0.15) is 18.5 Å². The maximum Gasteiger partial charge on any atom is 0.245 e. The van der Waals surface area contributed by atoms with E-state index in [1.54, 1.807) is 0 Å². The summed E-state index contributed by atoms with van der Waals surface area (Å²) in [6.45, 7) is 4.40. The van der Waals surface area contributed by atoms with Crippen LogP contribution in [-0.2, 0) is 14.3 Å². The molecular weight excluding hydrogens is 256 g/mol. The van der Waals surface area contributed by atoms with Gasteiger partial charge in [-0.05, 0) is 12.5 Å². The molecule has 5 heteroatoms. The van der Waals surface area contributed by atoms with Crippen LogP contribution in [0.15, 0.2) is 30.3 Å². The second-order valence-corrected chi connectivity index (χ2v) is 5.24. The molecule has 2 heterocycles. The zero-order valence-corrected chi connectivity index (χ0v) is 11.6. The normalized spacial score (nSPS) is 30.8. The van der Waals surface area contributed by atoms with Crippen molar-refractivity contribution in [1.29, 1.82) is 0 Å². The van der Waals surface area contributed by atoms with Crippen molar-refractivity contribution in [2.24, 2.45) is 0 Å². The molecule has 2 aliphatic heterocycles. The van der Waals surface area contributed by atoms with Gasteiger partial charge >= 0.3 is 0 Å². The minimum Gasteiger partial charge on any atom is -0.376 e. The van der Waals surface area contributed by atoms with Crippen LogP contribution in [0.2, 0.25) is 0 Å². The molecule has 3 unspecified atom stereocenters. The lowest BCUT2D eigenvalue weighted by Gasteiger charge is -2.29. The largest absolute Gasteiger partial charge is 0.376 e. The highest BCUT2D eigenvalue weighted by Gasteiger charge is 2.38. The van der Waals surface area contributed by atoms with Crippen LogP contribution in [-0.4, -0.2) is 49.4 Å². The molecule has 2 saturated heterocycles. The van der Waals surface area contributed by atoms with Gasteiger partial charge in [0.2, 0.25) is 5.91 Å². The molecule has 5 nitrogen and oxygen atoms in total. The van der Waals surface area contributed by atoms with Crippen LogP contribution in [0.4, 0.5) is 0 Å². The number of hydrogen-bond acceptors (Lipinski definition) is 4. The van der Waals surface area contributed by atoms with Gasteiger partial charge < -0.3 is 14.4 Å². The van der Waals surface area contributed by atoms with Crippen LogP contribution >= 0.6 is 0 Å². The smallest absolute Gasteiger partial charge is 0.245 e. The number of nitrogens with zero attached hydrogens (tertiary/aromatic N) is 1. The van der Waals surface area contributed by atoms with Gasteiger partial charge in [-0.2, -0.15) is 0 Å². The van der Waals surface area contributed by atoms with Crippen molar-refractivity contribution in [2.45, 2.75) is 25.2 Å². The fourth-order valence-electron chi connectivity index (χ4n) is 2.75. The molecule has 2 aliphatic rings. The monoisotopic (exact) mass is 276 g/mol. The van der Waals surface area contributed by atoms with E-state index < -0.39 is 0 Å². The van der Waals surface area contributed by atoms with Crippen LogP contribution < -0.4 is 5.32 Å². The molecule has 1 aromatic carbocycles. The van der Waals surface area contributed by atoms with E-state index in [1.807, 2.05) is 42.2 Å². The van der Waals surface area contributed by atoms with E-state index >= 15 is 0 Å². The molecule has 0 bridgehead atoms. The Hall–Kier alpha value is -1.43. The summed E-state index contributed by atoms with van der Waals surface area (Å²) >= 11 is 0. The lowest BCUT2D eigenvalue weighted by atomic mass is 10.1. The Bertz CT molecular complexity index is 459. The van der Waals surface area contributed by atoms with Crippen molar-refractivity contribution >= 4 is 5.91 Å². The van der Waals surface area contributed by atoms with Crippen molar-refractivity contribution in [2.75, 3.05) is 26.4 Å². The minimum atomic E-state index is -0.254. The molecule has 0 spiro atoms. The number of carbonyl (C=O) groups is 1. The molecule has 3 atom stereocenters. The summed E-state index contributed by atoms with van der Waals surface area (Å²) in [5.74, 6) is 0.109. The zero-order chi connectivity index (χ0) is 13.9. The van der Waals surface area contributed by atoms with Crippen molar-refractivity contribution in [3.05, 3.63) is 35.9 Å². The van der Waals surface area contributed by atoms with E-state index in [2.05, 4.69) is 5.32 Å². The minimum absolute atomic E-state index is 0.0123. The zero-order valence-electron chi connectivity index (χ0n) is 11.6. The fraction of sp³-hybridized carbons (Fsp3) is 0.533. The first-order chi connectivity index (χ1) is 9.75. The van der Waals surface area contributed by atoms with E-state index in [1.165, 1.54) is 0 Å². The molecule has 2 fully saturated rings. The van der Waals surface area contributed by atoms with Gasteiger partial charge in [-0.3, -0.25) is 10.1 Å². The van der Waals surface area contributed by atoms with Gasteiger partial charge in [0.25, 0.3) is 0 Å². The van der Waals surface area contributed by atoms with Crippen molar-refractivity contribution < 1.29 is 14.3 Å². The predicted molar refractivity (Wildman–Crippen MR) is 74.1 cm³/mol. The van der Waals surface area contributed by atoms with E-state index in [-0.39, 0.29) is 24.2 Å². The first-order valence-electron chi connectivity index (χ1n) is 7.06. The maximum absolute atomic E-state index is 12.6. The van der Waals surface area contributed by atoms with Gasteiger partial charge in [-0.15, -0.1) is 0 Å². The summed E-state index contributed by atoms with van der Waals surface area (Å²) < 4.78 is 11.0. The quantitative estimate of drug-likeness (QED) is 0.892. The Balaban J connectivity index is 1.68. The number of benzene rings is 1. The van der Waals surface area contributed by atoms with Gasteiger partial charge in [0.1, 0.15) is 6.04 Å². The Labute approximate surface area is 118 Å². The van der Waals surface area contributed by atoms with Crippen LogP contribution in [0.5, 0.6) is 0 Å². The average Bonchev–Trinajstić information content (AvgIpc) is 2.77. The highest BCUT2D eigenvalue weighted by Crippen LogP contribution is 2.24. The Kier molecular flexibility index (Phi) is 4.00. The second kappa shape index (κ2) is 5.91. The third-order valence-corrected chi connectivity index (χ3v) is 3.82. The molecule has 0 saturated carbocycles. The molecule has 0 aromatic heterocycles. The first kappa shape index (κ1) is 13.5. The van der Waals surface area contributed by atoms with E-state index in [4.69, 9.17) is 9.47 Å². The Morgan fingerprint density at radius 2 is 2.10 bits per heavy atom. The number of carbonyl (C=O) groups excluding carboxylic acids is 1. The van der Waals surface area contributed by atoms with Crippen LogP contribution in [0, 0.1) is 0 Å². The summed E-state index contributed by atoms with van der Waals surface area (Å²) in [4.78, 5) is 14.4. The molecule has 3 rings (SSSR count). The third-order valence-electron chi connectivity index (χ3n) is 3.82. The third kappa shape index (κ3) is 2.70. The first-order valence-corrected chi connectivity index (χ1v) is 7.06. The molecular formula is C15H20N2O3. The van der Waals surface area contributed by atoms with Crippen molar-refractivity contribution in [1.82, 2.24) is 10.2 Å². The lowest BCUT2D eigenvalue weighted by molar-refractivity contribution is -0.136. The van der Waals surface area contributed by atoms with Crippen LogP contribution in [0.3, 0.4) is 0 Å². The van der Waals surface area contributed by atoms with Crippen LogP contribution in [0.25, 0.3) is 0 Å². The highest BCUT2D eigenvalue weighted by molar-refractivity contribution is 5.85. The summed E-state index contributed by atoms with van der Waals surface area (Å²) in [6, 6.07) is 9.57. The van der Waals surface area contributed by atoms with Gasteiger partial charge in [-0.1, -0.05) is 30.3 Å². The summed E-state index contributed by atoms with van der Waals surface area (Å²) in [7, 11) is 0. The second-order valence-electron chi connectivity index (χ2n) is 5.24. The van der Waals surface area contributed by atoms with Gasteiger partial charge in [-0.25, -0.2) is 0 Å². The lowest BCUT2D eigenvalue weighted by Crippen LogP contribution is -2.44. The molecule has 1 aromatic rings. The number of hydrogen-bond donors (Lipinski definition) is 1. The van der Waals surface area contributed by atoms with Gasteiger partial charge in [0, 0.05) is 0 Å². The summed E-state index contributed by atoms with van der Waals surface area (Å²) in [5.41, 5.74) is 1.01. The van der Waals surface area contributed by atoms with E-state index in [9.17, 15) is 4.79 Å². The Morgan fingerprint density at radius 1 is 1.30 bits per heavy atom. The Morgan fingerprint density at radius 3 is 2.80 bits per heavy atom. The fourth-order valence-corrected chi connectivity index (χ4v) is 2.75. The molecule has 0 radical (unpaired) electrons. The van der Waals surface area contributed by atoms with E-state index in [0.29, 0.717) is 26.4 Å². The van der Waals surface area contributed by atoms with Gasteiger partial charge in [0.05, 0.1) is 38.6 Å². The average molecular weight is 276 g/mol. The maximum atomic E-state index is 12.6. The standard InChI is InChI=1S/C15H20N2O3/c1-11-16-14(12-5-3-2-4-6-12)15(18)17(11)9-13-10-19-7-8-20-13/h2-6,11,13-14,16H,7-10H2,1H3. The molecule has 20 heavy (non-hydrogen) atoms. The molecule has 108 valence electrons.